The van der Waals surface area contributed by atoms with Crippen molar-refractivity contribution in [3.05, 3.63) is 57.8 Å². The molecular weight excluding hydrogens is 470 g/mol. The number of thiazole rings is 1. The molecule has 4 rings (SSSR count). The average Bonchev–Trinajstić information content (AvgIpc) is 3.47. The quantitative estimate of drug-likeness (QED) is 0.314. The molecule has 0 fully saturated rings. The van der Waals surface area contributed by atoms with Crippen LogP contribution in [0.15, 0.2) is 46.6 Å². The smallest absolute Gasteiger partial charge is 0.303 e. The first-order chi connectivity index (χ1) is 17.2. The van der Waals surface area contributed by atoms with Gasteiger partial charge < -0.3 is 14.6 Å². The fourth-order valence-electron chi connectivity index (χ4n) is 5.04. The van der Waals surface area contributed by atoms with E-state index in [9.17, 15) is 4.79 Å². The van der Waals surface area contributed by atoms with Crippen molar-refractivity contribution in [2.75, 3.05) is 13.2 Å². The van der Waals surface area contributed by atoms with Gasteiger partial charge in [-0.1, -0.05) is 39.7 Å². The molecule has 2 aromatic rings. The first-order valence-corrected chi connectivity index (χ1v) is 14.1. The highest BCUT2D eigenvalue weighted by Gasteiger charge is 2.29. The van der Waals surface area contributed by atoms with Crippen LogP contribution in [-0.2, 0) is 21.4 Å². The van der Waals surface area contributed by atoms with Crippen molar-refractivity contribution >= 4 is 17.3 Å². The first kappa shape index (κ1) is 26.5. The summed E-state index contributed by atoms with van der Waals surface area (Å²) in [6, 6.07) is 6.44. The topological polar surface area (TPSA) is 68.7 Å². The fourth-order valence-corrected chi connectivity index (χ4v) is 6.09. The Labute approximate surface area is 219 Å². The van der Waals surface area contributed by atoms with E-state index < -0.39 is 5.97 Å². The summed E-state index contributed by atoms with van der Waals surface area (Å²) in [5.74, 6) is 1.49. The van der Waals surface area contributed by atoms with Crippen LogP contribution in [0.4, 0.5) is 0 Å². The molecule has 1 aromatic carbocycles. The van der Waals surface area contributed by atoms with Crippen LogP contribution in [0.1, 0.15) is 83.9 Å². The zero-order valence-corrected chi connectivity index (χ0v) is 22.9. The van der Waals surface area contributed by atoms with Crippen LogP contribution in [0.25, 0.3) is 10.6 Å². The van der Waals surface area contributed by atoms with E-state index in [1.165, 1.54) is 16.7 Å². The van der Waals surface area contributed by atoms with E-state index >= 15 is 0 Å². The molecule has 2 aliphatic rings. The molecule has 1 N–H and O–H groups in total. The minimum atomic E-state index is -0.700. The summed E-state index contributed by atoms with van der Waals surface area (Å²) in [5, 5.41) is 12.4. The van der Waals surface area contributed by atoms with Crippen molar-refractivity contribution in [2.24, 2.45) is 5.92 Å². The third kappa shape index (κ3) is 6.58. The summed E-state index contributed by atoms with van der Waals surface area (Å²) < 4.78 is 12.2. The minimum Gasteiger partial charge on any atom is -0.498 e. The lowest BCUT2D eigenvalue weighted by Crippen LogP contribution is -2.11. The Kier molecular flexibility index (Phi) is 8.55. The van der Waals surface area contributed by atoms with Crippen LogP contribution >= 0.6 is 11.3 Å². The van der Waals surface area contributed by atoms with Crippen LogP contribution in [0.2, 0.25) is 0 Å². The van der Waals surface area contributed by atoms with Gasteiger partial charge in [0, 0.05) is 29.2 Å². The number of hydrogen-bond donors (Lipinski definition) is 1. The molecule has 194 valence electrons. The summed E-state index contributed by atoms with van der Waals surface area (Å²) in [6.07, 6.45) is 8.99. The number of aryl methyl sites for hydroxylation is 1. The molecule has 0 radical (unpaired) electrons. The van der Waals surface area contributed by atoms with Crippen molar-refractivity contribution in [1.29, 1.82) is 0 Å². The SMILES string of the molecule is CCCc1cc(-c2nc(C(C)(C)C)cs2)ccc1OCCCOC1=CC2=C(CC1)C(CC(=O)O)CC2. The predicted octanol–water partition coefficient (Wildman–Crippen LogP) is 7.70. The second-order valence-electron chi connectivity index (χ2n) is 10.9. The van der Waals surface area contributed by atoms with Crippen LogP contribution < -0.4 is 4.74 Å². The normalized spacial score (nSPS) is 17.7. The number of aliphatic carboxylic acids is 1. The monoisotopic (exact) mass is 509 g/mol. The molecule has 1 heterocycles. The van der Waals surface area contributed by atoms with Gasteiger partial charge in [0.1, 0.15) is 10.8 Å². The van der Waals surface area contributed by atoms with E-state index in [0.717, 1.165) is 72.7 Å². The van der Waals surface area contributed by atoms with Gasteiger partial charge in [0.25, 0.3) is 0 Å². The van der Waals surface area contributed by atoms with Gasteiger partial charge in [0.05, 0.1) is 31.1 Å². The molecule has 0 saturated heterocycles. The molecule has 0 bridgehead atoms. The van der Waals surface area contributed by atoms with Crippen LogP contribution in [0.5, 0.6) is 5.75 Å². The zero-order valence-electron chi connectivity index (χ0n) is 22.1. The Morgan fingerprint density at radius 1 is 1.17 bits per heavy atom. The third-order valence-electron chi connectivity index (χ3n) is 7.00. The standard InChI is InChI=1S/C30H39NO4S/c1-5-7-22-16-23(29-31-27(19-36-29)30(2,3)4)10-13-26(22)35-15-6-14-34-24-11-12-25-20(17-24)8-9-21(25)18-28(32)33/h10,13,16-17,19,21H,5-9,11-12,14-15,18H2,1-4H3,(H,32,33). The second-order valence-corrected chi connectivity index (χ2v) is 11.8. The van der Waals surface area contributed by atoms with Gasteiger partial charge >= 0.3 is 5.97 Å². The van der Waals surface area contributed by atoms with Gasteiger partial charge in [-0.3, -0.25) is 4.79 Å². The number of rotatable bonds is 11. The maximum atomic E-state index is 11.1. The van der Waals surface area contributed by atoms with Crippen molar-refractivity contribution < 1.29 is 19.4 Å². The van der Waals surface area contributed by atoms with Crippen molar-refractivity contribution in [3.8, 4) is 16.3 Å². The van der Waals surface area contributed by atoms with E-state index in [2.05, 4.69) is 57.4 Å². The molecule has 0 amide bonds. The molecular formula is C30H39NO4S. The Hall–Kier alpha value is -2.60. The fraction of sp³-hybridized carbons (Fsp3) is 0.533. The molecule has 6 heteroatoms. The van der Waals surface area contributed by atoms with Gasteiger partial charge in [0.2, 0.25) is 0 Å². The summed E-state index contributed by atoms with van der Waals surface area (Å²) in [5.41, 5.74) is 6.22. The first-order valence-electron chi connectivity index (χ1n) is 13.2. The van der Waals surface area contributed by atoms with Gasteiger partial charge in [-0.15, -0.1) is 11.3 Å². The molecule has 1 atom stereocenters. The lowest BCUT2D eigenvalue weighted by Gasteiger charge is -2.20. The van der Waals surface area contributed by atoms with Crippen molar-refractivity contribution in [1.82, 2.24) is 4.98 Å². The number of aromatic nitrogens is 1. The number of ether oxygens (including phenoxy) is 2. The van der Waals surface area contributed by atoms with Crippen molar-refractivity contribution in [2.45, 2.75) is 84.5 Å². The lowest BCUT2D eigenvalue weighted by molar-refractivity contribution is -0.137. The summed E-state index contributed by atoms with van der Waals surface area (Å²) >= 11 is 1.71. The highest BCUT2D eigenvalue weighted by atomic mass is 32.1. The number of carbonyl (C=O) groups is 1. The summed E-state index contributed by atoms with van der Waals surface area (Å²) in [6.45, 7) is 10.0. The molecule has 36 heavy (non-hydrogen) atoms. The summed E-state index contributed by atoms with van der Waals surface area (Å²) in [4.78, 5) is 16.0. The van der Waals surface area contributed by atoms with Gasteiger partial charge in [0.15, 0.2) is 0 Å². The maximum Gasteiger partial charge on any atom is 0.303 e. The van der Waals surface area contributed by atoms with Crippen LogP contribution in [0, 0.1) is 5.92 Å². The van der Waals surface area contributed by atoms with E-state index in [4.69, 9.17) is 19.6 Å². The molecule has 1 unspecified atom stereocenters. The van der Waals surface area contributed by atoms with E-state index in [0.29, 0.717) is 13.2 Å². The van der Waals surface area contributed by atoms with Gasteiger partial charge in [-0.25, -0.2) is 4.98 Å². The number of hydrogen-bond acceptors (Lipinski definition) is 5. The largest absolute Gasteiger partial charge is 0.498 e. The zero-order chi connectivity index (χ0) is 25.7. The van der Waals surface area contributed by atoms with E-state index in [1.54, 1.807) is 11.3 Å². The van der Waals surface area contributed by atoms with Crippen LogP contribution in [0.3, 0.4) is 0 Å². The molecule has 5 nitrogen and oxygen atoms in total. The molecule has 1 aromatic heterocycles. The maximum absolute atomic E-state index is 11.1. The van der Waals surface area contributed by atoms with E-state index in [-0.39, 0.29) is 17.8 Å². The number of benzene rings is 1. The molecule has 0 saturated carbocycles. The average molecular weight is 510 g/mol. The number of allylic oxidation sites excluding steroid dienone is 4. The molecule has 0 aliphatic heterocycles. The molecule has 2 aliphatic carbocycles. The number of carboxylic acid groups (broad SMARTS) is 1. The third-order valence-corrected chi connectivity index (χ3v) is 7.89. The summed E-state index contributed by atoms with van der Waals surface area (Å²) in [7, 11) is 0. The van der Waals surface area contributed by atoms with Crippen LogP contribution in [-0.4, -0.2) is 29.3 Å². The predicted molar refractivity (Wildman–Crippen MR) is 146 cm³/mol. The Balaban J connectivity index is 1.29. The van der Waals surface area contributed by atoms with E-state index in [1.807, 2.05) is 0 Å². The van der Waals surface area contributed by atoms with Gasteiger partial charge in [-0.05, 0) is 67.0 Å². The Morgan fingerprint density at radius 3 is 2.69 bits per heavy atom. The lowest BCUT2D eigenvalue weighted by atomic mass is 9.90. The van der Waals surface area contributed by atoms with Gasteiger partial charge in [-0.2, -0.15) is 0 Å². The number of carboxylic acids is 1. The highest BCUT2D eigenvalue weighted by Crippen LogP contribution is 2.41. The Morgan fingerprint density at radius 2 is 1.97 bits per heavy atom. The number of nitrogens with zero attached hydrogens (tertiary/aromatic N) is 1. The highest BCUT2D eigenvalue weighted by molar-refractivity contribution is 7.13. The Bertz CT molecular complexity index is 1140. The molecule has 0 spiro atoms. The minimum absolute atomic E-state index is 0.0545. The van der Waals surface area contributed by atoms with Crippen molar-refractivity contribution in [3.63, 3.8) is 0 Å². The second kappa shape index (κ2) is 11.6.